The number of allylic oxidation sites excluding steroid dienone is 4. The van der Waals surface area contributed by atoms with Crippen LogP contribution in [-0.4, -0.2) is 15.0 Å². The molecule has 0 amide bonds. The normalized spacial score (nSPS) is 16.1. The molecule has 1 unspecified atom stereocenters. The van der Waals surface area contributed by atoms with Crippen LogP contribution in [0.4, 0.5) is 0 Å². The molecule has 4 heteroatoms. The molecule has 1 aliphatic carbocycles. The summed E-state index contributed by atoms with van der Waals surface area (Å²) in [7, 11) is 0. The Bertz CT molecular complexity index is 2490. The van der Waals surface area contributed by atoms with Crippen LogP contribution in [0.3, 0.4) is 0 Å². The first-order valence-corrected chi connectivity index (χ1v) is 19.7. The molecular weight excluding hydrogens is 681 g/mol. The summed E-state index contributed by atoms with van der Waals surface area (Å²) in [5.41, 5.74) is 13.4. The molecule has 6 aromatic carbocycles. The van der Waals surface area contributed by atoms with Crippen molar-refractivity contribution in [3.8, 4) is 73.6 Å². The van der Waals surface area contributed by atoms with Gasteiger partial charge in [0.15, 0.2) is 17.5 Å². The topological polar surface area (TPSA) is 62.5 Å². The predicted molar refractivity (Wildman–Crippen MR) is 230 cm³/mol. The maximum absolute atomic E-state index is 9.62. The van der Waals surface area contributed by atoms with Crippen molar-refractivity contribution in [1.82, 2.24) is 15.0 Å². The number of fused-ring (bicyclic) bond motifs is 1. The van der Waals surface area contributed by atoms with E-state index in [0.717, 1.165) is 52.7 Å². The Morgan fingerprint density at radius 1 is 0.482 bits per heavy atom. The first kappa shape index (κ1) is 36.3. The molecular formula is C52H44N4. The quantitative estimate of drug-likeness (QED) is 0.171. The number of nitriles is 1. The fraction of sp³-hybridized carbons (Fsp3) is 0.154. The minimum absolute atomic E-state index is 0.232. The molecule has 4 nitrogen and oxygen atoms in total. The molecule has 56 heavy (non-hydrogen) atoms. The highest BCUT2D eigenvalue weighted by molar-refractivity contribution is 5.78. The lowest BCUT2D eigenvalue weighted by atomic mass is 9.88. The molecule has 0 saturated carbocycles. The van der Waals surface area contributed by atoms with Gasteiger partial charge in [-0.3, -0.25) is 0 Å². The van der Waals surface area contributed by atoms with Crippen LogP contribution < -0.4 is 0 Å². The van der Waals surface area contributed by atoms with Crippen LogP contribution in [0.25, 0.3) is 67.5 Å². The molecule has 0 bridgehead atoms. The van der Waals surface area contributed by atoms with Gasteiger partial charge in [0, 0.05) is 22.3 Å². The molecule has 1 aromatic heterocycles. The van der Waals surface area contributed by atoms with Crippen molar-refractivity contribution in [1.29, 1.82) is 5.26 Å². The van der Waals surface area contributed by atoms with Crippen molar-refractivity contribution in [2.24, 2.45) is 0 Å². The predicted octanol–water partition coefficient (Wildman–Crippen LogP) is 13.5. The van der Waals surface area contributed by atoms with Crippen LogP contribution in [0, 0.1) is 11.3 Å². The van der Waals surface area contributed by atoms with Gasteiger partial charge in [0.05, 0.1) is 6.07 Å². The first-order valence-electron chi connectivity index (χ1n) is 19.7. The van der Waals surface area contributed by atoms with E-state index in [9.17, 15) is 5.26 Å². The molecule has 1 heterocycles. The fourth-order valence-corrected chi connectivity index (χ4v) is 7.53. The Hall–Kier alpha value is -6.70. The number of rotatable bonds is 6. The highest BCUT2D eigenvalue weighted by Gasteiger charge is 2.14. The minimum Gasteiger partial charge on any atom is -0.208 e. The SMILES string of the molecule is CC1/C=C\C(C#N)=C/CCCCCCc2cc(-c3cccc(-c4cccc(-c5ccc(-c6nc(-c7ccccc7)nc(-c7ccccc7)n6)cc5)c4)c3)ccc21. The van der Waals surface area contributed by atoms with E-state index in [1.807, 2.05) is 66.7 Å². The maximum Gasteiger partial charge on any atom is 0.164 e. The van der Waals surface area contributed by atoms with E-state index in [4.69, 9.17) is 15.0 Å². The highest BCUT2D eigenvalue weighted by Crippen LogP contribution is 2.34. The van der Waals surface area contributed by atoms with Crippen molar-refractivity contribution in [3.05, 3.63) is 187 Å². The minimum atomic E-state index is 0.232. The van der Waals surface area contributed by atoms with E-state index < -0.39 is 0 Å². The van der Waals surface area contributed by atoms with Gasteiger partial charge in [0.1, 0.15) is 0 Å². The van der Waals surface area contributed by atoms with Gasteiger partial charge in [0.2, 0.25) is 0 Å². The third-order valence-electron chi connectivity index (χ3n) is 10.7. The van der Waals surface area contributed by atoms with Crippen LogP contribution >= 0.6 is 0 Å². The Kier molecular flexibility index (Phi) is 11.1. The lowest BCUT2D eigenvalue weighted by Crippen LogP contribution is -2.00. The number of benzene rings is 6. The molecule has 7 aromatic rings. The smallest absolute Gasteiger partial charge is 0.164 e. The van der Waals surface area contributed by atoms with Gasteiger partial charge >= 0.3 is 0 Å². The first-order chi connectivity index (χ1) is 27.6. The van der Waals surface area contributed by atoms with Crippen molar-refractivity contribution in [3.63, 3.8) is 0 Å². The molecule has 272 valence electrons. The summed E-state index contributed by atoms with van der Waals surface area (Å²) in [5, 5.41) is 9.62. The van der Waals surface area contributed by atoms with E-state index in [0.29, 0.717) is 17.5 Å². The number of hydrogen-bond donors (Lipinski definition) is 0. The average molecular weight is 725 g/mol. The lowest BCUT2D eigenvalue weighted by molar-refractivity contribution is 0.644. The van der Waals surface area contributed by atoms with Crippen LogP contribution in [0.5, 0.6) is 0 Å². The van der Waals surface area contributed by atoms with Crippen LogP contribution in [0.15, 0.2) is 175 Å². The summed E-state index contributed by atoms with van der Waals surface area (Å²) in [6.45, 7) is 2.24. The Morgan fingerprint density at radius 2 is 0.946 bits per heavy atom. The molecule has 1 aliphatic rings. The molecule has 0 aliphatic heterocycles. The monoisotopic (exact) mass is 724 g/mol. The second-order valence-corrected chi connectivity index (χ2v) is 14.6. The van der Waals surface area contributed by atoms with Gasteiger partial charge in [-0.25, -0.2) is 15.0 Å². The van der Waals surface area contributed by atoms with Crippen molar-refractivity contribution in [2.75, 3.05) is 0 Å². The second kappa shape index (κ2) is 17.2. The molecule has 0 fully saturated rings. The van der Waals surface area contributed by atoms with E-state index >= 15 is 0 Å². The standard InChI is InChI=1S/C52H44N4/c1-37-25-26-38(36-53)15-7-3-2-4-8-20-48-35-47(31-32-49(37)48)46-24-14-23-45(34-46)44-22-13-21-43(33-44)39-27-29-42(30-28-39)52-55-50(40-16-9-5-10-17-40)54-51(56-52)41-18-11-6-12-19-41/h5-6,9-19,21-35,37H,2-4,7-8,20H2,1H3/b26-25-,38-15+. The molecule has 0 saturated heterocycles. The Morgan fingerprint density at radius 3 is 1.52 bits per heavy atom. The van der Waals surface area contributed by atoms with E-state index in [1.54, 1.807) is 0 Å². The maximum atomic E-state index is 9.62. The summed E-state index contributed by atoms with van der Waals surface area (Å²) in [6.07, 6.45) is 13.0. The largest absolute Gasteiger partial charge is 0.208 e. The van der Waals surface area contributed by atoms with Crippen molar-refractivity contribution < 1.29 is 0 Å². The molecule has 8 rings (SSSR count). The molecule has 1 atom stereocenters. The fourth-order valence-electron chi connectivity index (χ4n) is 7.53. The molecule has 0 N–H and O–H groups in total. The third-order valence-corrected chi connectivity index (χ3v) is 10.7. The molecule has 0 radical (unpaired) electrons. The van der Waals surface area contributed by atoms with Gasteiger partial charge < -0.3 is 0 Å². The number of hydrogen-bond acceptors (Lipinski definition) is 4. The number of aryl methyl sites for hydroxylation is 1. The van der Waals surface area contributed by atoms with Gasteiger partial charge in [-0.15, -0.1) is 0 Å². The zero-order chi connectivity index (χ0) is 38.1. The Balaban J connectivity index is 1.06. The van der Waals surface area contributed by atoms with E-state index in [-0.39, 0.29) is 5.92 Å². The summed E-state index contributed by atoms with van der Waals surface area (Å²) < 4.78 is 0. The van der Waals surface area contributed by atoms with E-state index in [2.05, 4.69) is 116 Å². The average Bonchev–Trinajstić information content (AvgIpc) is 3.28. The Labute approximate surface area is 330 Å². The third kappa shape index (κ3) is 8.49. The molecule has 0 spiro atoms. The highest BCUT2D eigenvalue weighted by atomic mass is 15.0. The summed E-state index contributed by atoms with van der Waals surface area (Å²) in [6, 6.07) is 55.7. The van der Waals surface area contributed by atoms with Gasteiger partial charge in [-0.2, -0.15) is 5.26 Å². The zero-order valence-corrected chi connectivity index (χ0v) is 31.8. The summed E-state index contributed by atoms with van der Waals surface area (Å²) in [5.74, 6) is 2.19. The van der Waals surface area contributed by atoms with Crippen LogP contribution in [0.1, 0.15) is 56.1 Å². The van der Waals surface area contributed by atoms with Gasteiger partial charge in [-0.05, 0) is 94.3 Å². The van der Waals surface area contributed by atoms with Gasteiger partial charge in [0.25, 0.3) is 0 Å². The number of nitrogens with zero attached hydrogens (tertiary/aromatic N) is 4. The van der Waals surface area contributed by atoms with Crippen molar-refractivity contribution >= 4 is 0 Å². The van der Waals surface area contributed by atoms with Crippen LogP contribution in [0.2, 0.25) is 0 Å². The zero-order valence-electron chi connectivity index (χ0n) is 31.8. The summed E-state index contributed by atoms with van der Waals surface area (Å²) in [4.78, 5) is 14.7. The summed E-state index contributed by atoms with van der Waals surface area (Å²) >= 11 is 0. The van der Waals surface area contributed by atoms with Crippen LogP contribution in [-0.2, 0) is 6.42 Å². The lowest BCUT2D eigenvalue weighted by Gasteiger charge is -2.16. The van der Waals surface area contributed by atoms with E-state index in [1.165, 1.54) is 52.6 Å². The van der Waals surface area contributed by atoms with Crippen molar-refractivity contribution in [2.45, 2.75) is 51.4 Å². The number of aromatic nitrogens is 3. The second-order valence-electron chi connectivity index (χ2n) is 14.6. The van der Waals surface area contributed by atoms with Gasteiger partial charge in [-0.1, -0.05) is 171 Å².